The second kappa shape index (κ2) is 6.98. The van der Waals surface area contributed by atoms with E-state index in [1.807, 2.05) is 0 Å². The second-order valence-corrected chi connectivity index (χ2v) is 9.83. The summed E-state index contributed by atoms with van der Waals surface area (Å²) in [7, 11) is 1.55. The molecule has 0 aromatic heterocycles. The molecule has 0 heterocycles. The molecule has 4 rings (SSSR count). The first-order valence-electron chi connectivity index (χ1n) is 10.6. The van der Waals surface area contributed by atoms with E-state index in [-0.39, 0.29) is 5.92 Å². The summed E-state index contributed by atoms with van der Waals surface area (Å²) < 4.78 is 16.2. The highest BCUT2D eigenvalue weighted by atomic mass is 16.7. The Labute approximate surface area is 181 Å². The van der Waals surface area contributed by atoms with Crippen LogP contribution in [0.2, 0.25) is 0 Å². The zero-order chi connectivity index (χ0) is 22.8. The van der Waals surface area contributed by atoms with Crippen molar-refractivity contribution in [3.05, 3.63) is 24.3 Å². The molecule has 4 aliphatic rings. The van der Waals surface area contributed by atoms with Gasteiger partial charge in [-0.2, -0.15) is 0 Å². The molecule has 31 heavy (non-hydrogen) atoms. The van der Waals surface area contributed by atoms with Gasteiger partial charge in [-0.1, -0.05) is 18.7 Å². The van der Waals surface area contributed by atoms with Gasteiger partial charge in [-0.15, -0.1) is 0 Å². The van der Waals surface area contributed by atoms with E-state index in [2.05, 4.69) is 6.58 Å². The Balaban J connectivity index is 1.87. The van der Waals surface area contributed by atoms with Crippen molar-refractivity contribution in [3.63, 3.8) is 0 Å². The van der Waals surface area contributed by atoms with Crippen LogP contribution in [0.25, 0.3) is 0 Å². The van der Waals surface area contributed by atoms with Crippen LogP contribution in [-0.4, -0.2) is 59.6 Å². The lowest BCUT2D eigenvalue weighted by molar-refractivity contribution is -0.178. The highest BCUT2D eigenvalue weighted by molar-refractivity contribution is 5.78. The number of aldehydes is 1. The van der Waals surface area contributed by atoms with Crippen LogP contribution in [0, 0.1) is 28.6 Å². The van der Waals surface area contributed by atoms with Crippen LogP contribution in [0.15, 0.2) is 24.3 Å². The summed E-state index contributed by atoms with van der Waals surface area (Å²) in [6.45, 7) is 6.39. The van der Waals surface area contributed by atoms with Gasteiger partial charge in [0.1, 0.15) is 6.29 Å². The SMILES string of the molecule is C=C1C[C@]23C[C@@]1(O)CC[C@H]2[C@]1(OC)C=C[C@H](O)[C@@](C)(C=O)C1[C@@H]3C(=O)OCOC(C)=O. The number of aliphatic hydroxyl groups excluding tert-OH is 1. The normalized spacial score (nSPS) is 47.5. The van der Waals surface area contributed by atoms with Gasteiger partial charge < -0.3 is 29.2 Å². The minimum absolute atomic E-state index is 0.191. The molecule has 0 aliphatic heterocycles. The van der Waals surface area contributed by atoms with E-state index in [0.717, 1.165) is 0 Å². The highest BCUT2D eigenvalue weighted by Gasteiger charge is 2.78. The van der Waals surface area contributed by atoms with Gasteiger partial charge in [0.2, 0.25) is 6.79 Å². The number of rotatable bonds is 5. The average Bonchev–Trinajstić information content (AvgIpc) is 3.08. The zero-order valence-corrected chi connectivity index (χ0v) is 18.1. The lowest BCUT2D eigenvalue weighted by Crippen LogP contribution is -2.57. The highest BCUT2D eigenvalue weighted by Crippen LogP contribution is 2.75. The molecule has 8 atom stereocenters. The summed E-state index contributed by atoms with van der Waals surface area (Å²) in [6, 6.07) is 0. The first-order valence-corrected chi connectivity index (χ1v) is 10.6. The predicted octanol–water partition coefficient (Wildman–Crippen LogP) is 1.29. The number of methoxy groups -OCH3 is 1. The van der Waals surface area contributed by atoms with Crippen molar-refractivity contribution in [1.29, 1.82) is 0 Å². The van der Waals surface area contributed by atoms with Crippen LogP contribution in [0.5, 0.6) is 0 Å². The number of aliphatic hydroxyl groups is 2. The maximum Gasteiger partial charge on any atom is 0.312 e. The molecular formula is C23H30O8. The molecule has 0 aromatic carbocycles. The lowest BCUT2D eigenvalue weighted by Gasteiger charge is -2.49. The van der Waals surface area contributed by atoms with Crippen LogP contribution in [-0.2, 0) is 28.6 Å². The van der Waals surface area contributed by atoms with Gasteiger partial charge >= 0.3 is 11.9 Å². The van der Waals surface area contributed by atoms with Crippen LogP contribution < -0.4 is 0 Å². The molecule has 1 spiro atoms. The van der Waals surface area contributed by atoms with Gasteiger partial charge in [0, 0.05) is 20.0 Å². The maximum absolute atomic E-state index is 13.5. The number of ether oxygens (including phenoxy) is 3. The third-order valence-corrected chi connectivity index (χ3v) is 8.52. The third kappa shape index (κ3) is 2.74. The van der Waals surface area contributed by atoms with E-state index in [1.54, 1.807) is 26.2 Å². The Morgan fingerprint density at radius 1 is 1.35 bits per heavy atom. The maximum atomic E-state index is 13.5. The van der Waals surface area contributed by atoms with Crippen LogP contribution in [0.1, 0.15) is 39.5 Å². The van der Waals surface area contributed by atoms with Gasteiger partial charge in [-0.05, 0) is 49.5 Å². The molecule has 0 aromatic rings. The van der Waals surface area contributed by atoms with E-state index in [4.69, 9.17) is 14.2 Å². The molecule has 3 saturated carbocycles. The van der Waals surface area contributed by atoms with Gasteiger partial charge in [0.15, 0.2) is 0 Å². The molecule has 0 radical (unpaired) electrons. The fraction of sp³-hybridized carbons (Fsp3) is 0.696. The second-order valence-electron chi connectivity index (χ2n) is 9.83. The summed E-state index contributed by atoms with van der Waals surface area (Å²) in [6.07, 6.45) is 4.68. The van der Waals surface area contributed by atoms with E-state index >= 15 is 0 Å². The molecule has 4 aliphatic carbocycles. The Kier molecular flexibility index (Phi) is 5.00. The molecule has 0 amide bonds. The quantitative estimate of drug-likeness (QED) is 0.288. The Hall–Kier alpha value is -2.03. The molecule has 2 N–H and O–H groups in total. The Bertz CT molecular complexity index is 866. The monoisotopic (exact) mass is 434 g/mol. The number of hydrogen-bond donors (Lipinski definition) is 2. The number of fused-ring (bicyclic) bond motifs is 3. The van der Waals surface area contributed by atoms with Crippen molar-refractivity contribution >= 4 is 18.2 Å². The van der Waals surface area contributed by atoms with Crippen LogP contribution in [0.4, 0.5) is 0 Å². The Morgan fingerprint density at radius 3 is 2.68 bits per heavy atom. The van der Waals surface area contributed by atoms with Crippen LogP contribution in [0.3, 0.4) is 0 Å². The van der Waals surface area contributed by atoms with Crippen molar-refractivity contribution in [2.45, 2.75) is 56.8 Å². The number of carbonyl (C=O) groups is 3. The molecular weight excluding hydrogens is 404 g/mol. The molecule has 8 nitrogen and oxygen atoms in total. The fourth-order valence-electron chi connectivity index (χ4n) is 7.21. The van der Waals surface area contributed by atoms with E-state index < -0.39 is 58.7 Å². The summed E-state index contributed by atoms with van der Waals surface area (Å²) in [5, 5.41) is 22.0. The van der Waals surface area contributed by atoms with E-state index in [1.165, 1.54) is 6.92 Å². The zero-order valence-electron chi connectivity index (χ0n) is 18.1. The van der Waals surface area contributed by atoms with Gasteiger partial charge in [0.05, 0.1) is 28.6 Å². The van der Waals surface area contributed by atoms with Crippen molar-refractivity contribution in [2.75, 3.05) is 13.9 Å². The average molecular weight is 434 g/mol. The number of esters is 2. The van der Waals surface area contributed by atoms with Crippen molar-refractivity contribution in [3.8, 4) is 0 Å². The lowest BCUT2D eigenvalue weighted by atomic mass is 9.60. The minimum Gasteiger partial charge on any atom is -0.428 e. The van der Waals surface area contributed by atoms with Crippen LogP contribution >= 0.6 is 0 Å². The number of carbonyl (C=O) groups excluding carboxylic acids is 3. The summed E-state index contributed by atoms with van der Waals surface area (Å²) in [5.41, 5.74) is -3.49. The molecule has 3 fully saturated rings. The molecule has 2 bridgehead atoms. The summed E-state index contributed by atoms with van der Waals surface area (Å²) >= 11 is 0. The minimum atomic E-state index is -1.32. The van der Waals surface area contributed by atoms with Crippen molar-refractivity contribution in [2.24, 2.45) is 28.6 Å². The smallest absolute Gasteiger partial charge is 0.312 e. The van der Waals surface area contributed by atoms with E-state index in [9.17, 15) is 24.6 Å². The fourth-order valence-corrected chi connectivity index (χ4v) is 7.21. The van der Waals surface area contributed by atoms with Crippen molar-refractivity contribution in [1.82, 2.24) is 0 Å². The standard InChI is InChI=1S/C23H30O8/c1-13-9-21-10-22(13,28)7-5-15(21)23(29-4)8-6-16(26)20(3,11-24)18(23)17(21)19(27)31-12-30-14(2)25/h6,8,11,15-18,26,28H,1,5,7,9-10,12H2,2-4H3/t15-,16+,17-,18?,20-,21+,22+,23-/m1/s1. The summed E-state index contributed by atoms with van der Waals surface area (Å²) in [4.78, 5) is 37.0. The van der Waals surface area contributed by atoms with Gasteiger partial charge in [-0.25, -0.2) is 0 Å². The third-order valence-electron chi connectivity index (χ3n) is 8.52. The molecule has 170 valence electrons. The number of hydrogen-bond acceptors (Lipinski definition) is 8. The molecule has 8 heteroatoms. The molecule has 1 unspecified atom stereocenters. The largest absolute Gasteiger partial charge is 0.428 e. The summed E-state index contributed by atoms with van der Waals surface area (Å²) in [5.74, 6) is -3.01. The topological polar surface area (TPSA) is 119 Å². The van der Waals surface area contributed by atoms with Gasteiger partial charge in [0.25, 0.3) is 0 Å². The molecule has 0 saturated heterocycles. The van der Waals surface area contributed by atoms with E-state index in [0.29, 0.717) is 37.5 Å². The predicted molar refractivity (Wildman–Crippen MR) is 107 cm³/mol. The Morgan fingerprint density at radius 2 is 2.06 bits per heavy atom. The van der Waals surface area contributed by atoms with Crippen molar-refractivity contribution < 1.29 is 38.8 Å². The first-order chi connectivity index (χ1) is 14.5. The van der Waals surface area contributed by atoms with Gasteiger partial charge in [-0.3, -0.25) is 9.59 Å². The first kappa shape index (κ1) is 22.2.